The Morgan fingerprint density at radius 1 is 0.964 bits per heavy atom. The normalized spacial score (nSPS) is 11.0. The molecule has 1 heterocycles. The van der Waals surface area contributed by atoms with Crippen molar-refractivity contribution in [3.8, 4) is 16.9 Å². The Hall–Kier alpha value is -2.75. The van der Waals surface area contributed by atoms with Gasteiger partial charge in [0.1, 0.15) is 17.9 Å². The van der Waals surface area contributed by atoms with Crippen molar-refractivity contribution in [1.29, 1.82) is 0 Å². The summed E-state index contributed by atoms with van der Waals surface area (Å²) in [5, 5.41) is 2.10. The summed E-state index contributed by atoms with van der Waals surface area (Å²) in [6.07, 6.45) is 0. The van der Waals surface area contributed by atoms with Crippen molar-refractivity contribution in [2.75, 3.05) is 0 Å². The van der Waals surface area contributed by atoms with Gasteiger partial charge < -0.3 is 9.15 Å². The summed E-state index contributed by atoms with van der Waals surface area (Å²) in [6, 6.07) is 20.1. The molecule has 0 aliphatic heterocycles. The second kappa shape index (κ2) is 7.70. The Morgan fingerprint density at radius 3 is 2.46 bits per heavy atom. The second-order valence-corrected chi connectivity index (χ2v) is 7.28. The van der Waals surface area contributed by atoms with Crippen LogP contribution in [-0.2, 0) is 6.61 Å². The molecule has 28 heavy (non-hydrogen) atoms. The fraction of sp³-hybridized carbons (Fsp3) is 0.0870. The molecule has 3 aromatic carbocycles. The fourth-order valence-electron chi connectivity index (χ4n) is 3.15. The van der Waals surface area contributed by atoms with Crippen molar-refractivity contribution < 1.29 is 9.15 Å². The Labute approximate surface area is 172 Å². The van der Waals surface area contributed by atoms with Crippen LogP contribution >= 0.6 is 23.2 Å². The zero-order valence-corrected chi connectivity index (χ0v) is 16.6. The number of aryl methyl sites for hydroxylation is 1. The predicted molar refractivity (Wildman–Crippen MR) is 113 cm³/mol. The molecule has 4 aromatic rings. The molecule has 0 unspecified atom stereocenters. The van der Waals surface area contributed by atoms with Gasteiger partial charge in [-0.3, -0.25) is 0 Å². The third-order valence-corrected chi connectivity index (χ3v) is 5.24. The molecule has 0 aliphatic rings. The molecule has 0 aliphatic carbocycles. The van der Waals surface area contributed by atoms with E-state index in [0.29, 0.717) is 33.5 Å². The van der Waals surface area contributed by atoms with Crippen LogP contribution in [0, 0.1) is 6.92 Å². The lowest BCUT2D eigenvalue weighted by atomic mass is 9.99. The van der Waals surface area contributed by atoms with Gasteiger partial charge in [-0.15, -0.1) is 0 Å². The van der Waals surface area contributed by atoms with E-state index in [1.807, 2.05) is 49.4 Å². The number of hydrogen-bond acceptors (Lipinski definition) is 3. The quantitative estimate of drug-likeness (QED) is 0.353. The van der Waals surface area contributed by atoms with E-state index >= 15 is 0 Å². The van der Waals surface area contributed by atoms with Gasteiger partial charge in [-0.1, -0.05) is 53.5 Å². The molecule has 140 valence electrons. The van der Waals surface area contributed by atoms with Gasteiger partial charge in [0.05, 0.1) is 5.56 Å². The van der Waals surface area contributed by atoms with Crippen LogP contribution in [0.15, 0.2) is 75.9 Å². The number of fused-ring (bicyclic) bond motifs is 1. The lowest BCUT2D eigenvalue weighted by Crippen LogP contribution is -2.06. The summed E-state index contributed by atoms with van der Waals surface area (Å²) in [7, 11) is 0. The maximum absolute atomic E-state index is 12.5. The minimum Gasteiger partial charge on any atom is -0.489 e. The summed E-state index contributed by atoms with van der Waals surface area (Å²) in [5.74, 6) is 0.673. The van der Waals surface area contributed by atoms with Gasteiger partial charge in [0, 0.05) is 21.0 Å². The fourth-order valence-corrected chi connectivity index (χ4v) is 3.46. The van der Waals surface area contributed by atoms with E-state index in [0.717, 1.165) is 22.1 Å². The lowest BCUT2D eigenvalue weighted by Gasteiger charge is -2.11. The van der Waals surface area contributed by atoms with Crippen LogP contribution < -0.4 is 10.4 Å². The van der Waals surface area contributed by atoms with Crippen LogP contribution in [0.3, 0.4) is 0 Å². The molecular formula is C23H16Cl2O3. The van der Waals surface area contributed by atoms with Gasteiger partial charge in [0.2, 0.25) is 0 Å². The summed E-state index contributed by atoms with van der Waals surface area (Å²) >= 11 is 12.2. The second-order valence-electron chi connectivity index (χ2n) is 6.43. The standard InChI is InChI=1S/C23H16Cl2O3/c1-14-19-12-18(27-13-16-4-2-3-5-20(16)25)10-11-21(19)28-23(26)22(14)15-6-8-17(24)9-7-15/h2-12H,13H2,1H3. The van der Waals surface area contributed by atoms with Gasteiger partial charge in [0.15, 0.2) is 0 Å². The molecular weight excluding hydrogens is 395 g/mol. The Morgan fingerprint density at radius 2 is 1.71 bits per heavy atom. The molecule has 1 aromatic heterocycles. The zero-order valence-electron chi connectivity index (χ0n) is 15.0. The van der Waals surface area contributed by atoms with Crippen molar-refractivity contribution in [3.05, 3.63) is 98.3 Å². The molecule has 0 N–H and O–H groups in total. The molecule has 4 rings (SSSR count). The third-order valence-electron chi connectivity index (χ3n) is 4.62. The molecule has 0 spiro atoms. The van der Waals surface area contributed by atoms with Crippen LogP contribution in [0.4, 0.5) is 0 Å². The first-order valence-electron chi connectivity index (χ1n) is 8.72. The predicted octanol–water partition coefficient (Wildman–Crippen LogP) is 6.65. The topological polar surface area (TPSA) is 39.4 Å². The monoisotopic (exact) mass is 410 g/mol. The molecule has 3 nitrogen and oxygen atoms in total. The summed E-state index contributed by atoms with van der Waals surface area (Å²) in [4.78, 5) is 12.5. The van der Waals surface area contributed by atoms with E-state index in [2.05, 4.69) is 0 Å². The van der Waals surface area contributed by atoms with Gasteiger partial charge in [-0.2, -0.15) is 0 Å². The molecule has 0 bridgehead atoms. The minimum atomic E-state index is -0.378. The Bertz CT molecular complexity index is 1210. The molecule has 5 heteroatoms. The van der Waals surface area contributed by atoms with Gasteiger partial charge in [-0.25, -0.2) is 4.79 Å². The molecule has 0 radical (unpaired) electrons. The molecule has 0 atom stereocenters. The van der Waals surface area contributed by atoms with E-state index in [9.17, 15) is 4.79 Å². The zero-order chi connectivity index (χ0) is 19.7. The third kappa shape index (κ3) is 3.64. The highest BCUT2D eigenvalue weighted by molar-refractivity contribution is 6.31. The largest absolute Gasteiger partial charge is 0.489 e. The first kappa shape index (κ1) is 18.6. The lowest BCUT2D eigenvalue weighted by molar-refractivity contribution is 0.306. The summed E-state index contributed by atoms with van der Waals surface area (Å²) < 4.78 is 11.4. The van der Waals surface area contributed by atoms with Crippen LogP contribution in [-0.4, -0.2) is 0 Å². The van der Waals surface area contributed by atoms with Gasteiger partial charge >= 0.3 is 5.63 Å². The SMILES string of the molecule is Cc1c(-c2ccc(Cl)cc2)c(=O)oc2ccc(OCc3ccccc3Cl)cc12. The highest BCUT2D eigenvalue weighted by Gasteiger charge is 2.14. The highest BCUT2D eigenvalue weighted by atomic mass is 35.5. The molecule has 0 amide bonds. The number of ether oxygens (including phenoxy) is 1. The molecule has 0 saturated carbocycles. The van der Waals surface area contributed by atoms with Crippen LogP contribution in [0.1, 0.15) is 11.1 Å². The highest BCUT2D eigenvalue weighted by Crippen LogP contribution is 2.30. The van der Waals surface area contributed by atoms with Crippen LogP contribution in [0.25, 0.3) is 22.1 Å². The van der Waals surface area contributed by atoms with Gasteiger partial charge in [-0.05, 0) is 54.4 Å². The number of rotatable bonds is 4. The van der Waals surface area contributed by atoms with Crippen molar-refractivity contribution >= 4 is 34.2 Å². The average molecular weight is 411 g/mol. The van der Waals surface area contributed by atoms with Crippen LogP contribution in [0.2, 0.25) is 10.0 Å². The first-order valence-corrected chi connectivity index (χ1v) is 9.48. The number of halogens is 2. The van der Waals surface area contributed by atoms with E-state index in [4.69, 9.17) is 32.4 Å². The van der Waals surface area contributed by atoms with Crippen molar-refractivity contribution in [2.24, 2.45) is 0 Å². The smallest absolute Gasteiger partial charge is 0.344 e. The van der Waals surface area contributed by atoms with Crippen molar-refractivity contribution in [2.45, 2.75) is 13.5 Å². The number of benzene rings is 3. The maximum atomic E-state index is 12.5. The number of hydrogen-bond donors (Lipinski definition) is 0. The van der Waals surface area contributed by atoms with E-state index in [1.54, 1.807) is 24.3 Å². The van der Waals surface area contributed by atoms with E-state index < -0.39 is 0 Å². The Balaban J connectivity index is 1.73. The maximum Gasteiger partial charge on any atom is 0.344 e. The first-order chi connectivity index (χ1) is 13.5. The van der Waals surface area contributed by atoms with Gasteiger partial charge in [0.25, 0.3) is 0 Å². The average Bonchev–Trinajstić information content (AvgIpc) is 2.69. The summed E-state index contributed by atoms with van der Waals surface area (Å²) in [6.45, 7) is 2.26. The van der Waals surface area contributed by atoms with Crippen molar-refractivity contribution in [3.63, 3.8) is 0 Å². The molecule has 0 saturated heterocycles. The van der Waals surface area contributed by atoms with Crippen molar-refractivity contribution in [1.82, 2.24) is 0 Å². The summed E-state index contributed by atoms with van der Waals surface area (Å²) in [5.41, 5.74) is 3.16. The van der Waals surface area contributed by atoms with E-state index in [-0.39, 0.29) is 5.63 Å². The van der Waals surface area contributed by atoms with Crippen LogP contribution in [0.5, 0.6) is 5.75 Å². The minimum absolute atomic E-state index is 0.352. The van der Waals surface area contributed by atoms with E-state index in [1.165, 1.54) is 0 Å². The Kier molecular flexibility index (Phi) is 5.12. The molecule has 0 fully saturated rings.